The molecule has 1 aliphatic heterocycles. The average Bonchev–Trinajstić information content (AvgIpc) is 3.14. The third-order valence-electron chi connectivity index (χ3n) is 4.93. The molecular weight excluding hydrogens is 476 g/mol. The van der Waals surface area contributed by atoms with Gasteiger partial charge >= 0.3 is 0 Å². The molecule has 0 saturated carbocycles. The molecule has 0 unspecified atom stereocenters. The van der Waals surface area contributed by atoms with Crippen LogP contribution in [0.4, 0.5) is 25.8 Å². The van der Waals surface area contributed by atoms with Crippen LogP contribution in [-0.2, 0) is 16.4 Å². The number of carbonyl (C=O) groups excluding carboxylic acids is 1. The zero-order valence-electron chi connectivity index (χ0n) is 17.4. The lowest BCUT2D eigenvalue weighted by molar-refractivity contribution is 0.102. The van der Waals surface area contributed by atoms with Crippen LogP contribution < -0.4 is 14.9 Å². The summed E-state index contributed by atoms with van der Waals surface area (Å²) >= 11 is 6.01. The van der Waals surface area contributed by atoms with E-state index in [9.17, 15) is 22.0 Å². The molecule has 0 bridgehead atoms. The largest absolute Gasteiger partial charge is 0.364 e. The normalized spacial score (nSPS) is 14.1. The molecule has 0 atom stereocenters. The molecule has 1 amide bonds. The van der Waals surface area contributed by atoms with Gasteiger partial charge in [-0.2, -0.15) is 0 Å². The molecule has 1 aromatic carbocycles. The molecule has 0 aliphatic carbocycles. The second kappa shape index (κ2) is 8.99. The summed E-state index contributed by atoms with van der Waals surface area (Å²) in [5.41, 5.74) is 2.08. The monoisotopic (exact) mass is 495 g/mol. The Kier molecular flexibility index (Phi) is 6.26. The third-order valence-corrected chi connectivity index (χ3v) is 5.75. The Morgan fingerprint density at radius 3 is 2.64 bits per heavy atom. The number of nitrogens with zero attached hydrogens (tertiary/aromatic N) is 2. The number of H-pyrrole nitrogens is 1. The van der Waals surface area contributed by atoms with E-state index in [2.05, 4.69) is 20.0 Å². The second-order valence-corrected chi connectivity index (χ2v) is 9.96. The van der Waals surface area contributed by atoms with E-state index >= 15 is 0 Å². The van der Waals surface area contributed by atoms with Gasteiger partial charge in [0.25, 0.3) is 5.91 Å². The number of nitrogens with one attached hydrogen (secondary N) is 3. The standard InChI is InChI=1S/C21H20ClF2N5O3S/c1-33(31,32)28-17-4-13(22)3-16(5-17)27-21(30)12-2-15(25-8-12)6-20-19(24)7-18(9-26-20)29-10-14(23)11-29/h2-5,7-9,14,25,28H,6,10-11H2,1H3,(H,27,30). The first-order chi connectivity index (χ1) is 15.6. The van der Waals surface area contributed by atoms with Crippen molar-refractivity contribution in [2.45, 2.75) is 12.6 Å². The Labute approximate surface area is 194 Å². The summed E-state index contributed by atoms with van der Waals surface area (Å²) in [7, 11) is -3.51. The Balaban J connectivity index is 1.43. The molecular formula is C21H20ClF2N5O3S. The Hall–Kier alpha value is -3.18. The number of amides is 1. The maximum atomic E-state index is 14.5. The van der Waals surface area contributed by atoms with Gasteiger partial charge in [-0.15, -0.1) is 0 Å². The highest BCUT2D eigenvalue weighted by molar-refractivity contribution is 7.92. The quantitative estimate of drug-likeness (QED) is 0.464. The number of alkyl halides is 1. The molecule has 1 saturated heterocycles. The molecule has 3 N–H and O–H groups in total. The van der Waals surface area contributed by atoms with Gasteiger partial charge in [0, 0.05) is 35.1 Å². The van der Waals surface area contributed by atoms with E-state index in [-0.39, 0.29) is 41.5 Å². The lowest BCUT2D eigenvalue weighted by atomic mass is 10.1. The molecule has 12 heteroatoms. The second-order valence-electron chi connectivity index (χ2n) is 7.77. The summed E-state index contributed by atoms with van der Waals surface area (Å²) < 4.78 is 52.6. The summed E-state index contributed by atoms with van der Waals surface area (Å²) in [5.74, 6) is -0.979. The van der Waals surface area contributed by atoms with Gasteiger partial charge in [-0.25, -0.2) is 17.2 Å². The molecule has 1 fully saturated rings. The van der Waals surface area contributed by atoms with Crippen molar-refractivity contribution in [2.24, 2.45) is 0 Å². The highest BCUT2D eigenvalue weighted by Gasteiger charge is 2.27. The van der Waals surface area contributed by atoms with Crippen LogP contribution in [0.15, 0.2) is 42.7 Å². The molecule has 3 heterocycles. The number of anilines is 3. The molecule has 174 valence electrons. The van der Waals surface area contributed by atoms with E-state index in [1.807, 2.05) is 0 Å². The summed E-state index contributed by atoms with van der Waals surface area (Å²) in [4.78, 5) is 21.4. The SMILES string of the molecule is CS(=O)(=O)Nc1cc(Cl)cc(NC(=O)c2c[nH]c(Cc3ncc(N4CC(F)C4)cc3F)c2)c1. The minimum atomic E-state index is -3.51. The van der Waals surface area contributed by atoms with E-state index in [1.54, 1.807) is 11.0 Å². The average molecular weight is 496 g/mol. The van der Waals surface area contributed by atoms with E-state index < -0.39 is 27.9 Å². The number of rotatable bonds is 7. The first-order valence-electron chi connectivity index (χ1n) is 9.86. The van der Waals surface area contributed by atoms with Crippen molar-refractivity contribution in [2.75, 3.05) is 34.3 Å². The maximum absolute atomic E-state index is 14.5. The van der Waals surface area contributed by atoms with E-state index in [1.165, 1.54) is 36.7 Å². The van der Waals surface area contributed by atoms with Gasteiger partial charge in [-0.3, -0.25) is 14.5 Å². The summed E-state index contributed by atoms with van der Waals surface area (Å²) in [5, 5.41) is 2.88. The summed E-state index contributed by atoms with van der Waals surface area (Å²) in [6.07, 6.45) is 3.21. The molecule has 1 aliphatic rings. The van der Waals surface area contributed by atoms with Crippen LogP contribution in [0, 0.1) is 5.82 Å². The lowest BCUT2D eigenvalue weighted by Gasteiger charge is -2.36. The minimum absolute atomic E-state index is 0.130. The molecule has 2 aromatic heterocycles. The van der Waals surface area contributed by atoms with Gasteiger partial charge in [0.15, 0.2) is 0 Å². The maximum Gasteiger partial charge on any atom is 0.257 e. The zero-order valence-corrected chi connectivity index (χ0v) is 19.0. The Morgan fingerprint density at radius 1 is 1.24 bits per heavy atom. The van der Waals surface area contributed by atoms with Gasteiger partial charge in [-0.05, 0) is 24.3 Å². The molecule has 8 nitrogen and oxygen atoms in total. The van der Waals surface area contributed by atoms with Crippen molar-refractivity contribution in [3.63, 3.8) is 0 Å². The van der Waals surface area contributed by atoms with E-state index in [4.69, 9.17) is 11.6 Å². The van der Waals surface area contributed by atoms with Crippen LogP contribution in [0.5, 0.6) is 0 Å². The predicted octanol–water partition coefficient (Wildman–Crippen LogP) is 3.57. The number of pyridine rings is 1. The fourth-order valence-corrected chi connectivity index (χ4v) is 4.17. The van der Waals surface area contributed by atoms with Crippen LogP contribution in [0.3, 0.4) is 0 Å². The fourth-order valence-electron chi connectivity index (χ4n) is 3.39. The van der Waals surface area contributed by atoms with Gasteiger partial charge in [-0.1, -0.05) is 11.6 Å². The fraction of sp³-hybridized carbons (Fsp3) is 0.238. The van der Waals surface area contributed by atoms with Crippen LogP contribution in [-0.4, -0.2) is 49.8 Å². The first kappa shape index (κ1) is 23.0. The van der Waals surface area contributed by atoms with Crippen molar-refractivity contribution < 1.29 is 22.0 Å². The van der Waals surface area contributed by atoms with Crippen LogP contribution in [0.2, 0.25) is 5.02 Å². The Morgan fingerprint density at radius 2 is 1.97 bits per heavy atom. The number of aromatic amines is 1. The van der Waals surface area contributed by atoms with Crippen LogP contribution in [0.1, 0.15) is 21.7 Å². The Bertz CT molecular complexity index is 1310. The number of halogens is 3. The first-order valence-corrected chi connectivity index (χ1v) is 12.1. The van der Waals surface area contributed by atoms with Gasteiger partial charge < -0.3 is 15.2 Å². The van der Waals surface area contributed by atoms with Crippen molar-refractivity contribution in [3.05, 3.63) is 70.5 Å². The number of carbonyl (C=O) groups is 1. The number of hydrogen-bond acceptors (Lipinski definition) is 5. The van der Waals surface area contributed by atoms with Crippen LogP contribution in [0.25, 0.3) is 0 Å². The van der Waals surface area contributed by atoms with Crippen molar-refractivity contribution in [1.29, 1.82) is 0 Å². The lowest BCUT2D eigenvalue weighted by Crippen LogP contribution is -2.48. The minimum Gasteiger partial charge on any atom is -0.364 e. The van der Waals surface area contributed by atoms with Crippen molar-refractivity contribution in [3.8, 4) is 0 Å². The van der Waals surface area contributed by atoms with Gasteiger partial charge in [0.2, 0.25) is 10.0 Å². The van der Waals surface area contributed by atoms with E-state index in [0.717, 1.165) is 6.26 Å². The van der Waals surface area contributed by atoms with Crippen molar-refractivity contribution in [1.82, 2.24) is 9.97 Å². The topological polar surface area (TPSA) is 107 Å². The molecule has 0 spiro atoms. The van der Waals surface area contributed by atoms with Gasteiger partial charge in [0.1, 0.15) is 12.0 Å². The predicted molar refractivity (Wildman–Crippen MR) is 123 cm³/mol. The van der Waals surface area contributed by atoms with Crippen LogP contribution >= 0.6 is 11.6 Å². The number of hydrogen-bond donors (Lipinski definition) is 3. The van der Waals surface area contributed by atoms with E-state index in [0.29, 0.717) is 17.1 Å². The highest BCUT2D eigenvalue weighted by atomic mass is 35.5. The highest BCUT2D eigenvalue weighted by Crippen LogP contribution is 2.25. The van der Waals surface area contributed by atoms with Gasteiger partial charge in [0.05, 0.1) is 48.2 Å². The van der Waals surface area contributed by atoms with Crippen molar-refractivity contribution >= 4 is 44.6 Å². The zero-order chi connectivity index (χ0) is 23.8. The number of sulfonamides is 1. The molecule has 33 heavy (non-hydrogen) atoms. The smallest absolute Gasteiger partial charge is 0.257 e. The summed E-state index contributed by atoms with van der Waals surface area (Å²) in [6, 6.07) is 7.21. The number of benzene rings is 1. The molecule has 4 rings (SSSR count). The molecule has 0 radical (unpaired) electrons. The number of aromatic nitrogens is 2. The third kappa shape index (κ3) is 5.79. The molecule has 3 aromatic rings. The summed E-state index contributed by atoms with van der Waals surface area (Å²) in [6.45, 7) is 0.460.